The number of anilines is 2. The summed E-state index contributed by atoms with van der Waals surface area (Å²) in [5.41, 5.74) is 0.957. The van der Waals surface area contributed by atoms with Crippen molar-refractivity contribution in [1.29, 1.82) is 0 Å². The van der Waals surface area contributed by atoms with E-state index in [0.29, 0.717) is 18.1 Å². The normalized spacial score (nSPS) is 10.3. The number of rotatable bonds is 5. The van der Waals surface area contributed by atoms with Gasteiger partial charge in [0.1, 0.15) is 23.6 Å². The first-order valence-electron chi connectivity index (χ1n) is 6.86. The van der Waals surface area contributed by atoms with Crippen LogP contribution in [0.2, 0.25) is 0 Å². The minimum Gasteiger partial charge on any atom is -0.467 e. The number of para-hydroxylation sites is 1. The molecule has 0 unspecified atom stereocenters. The highest BCUT2D eigenvalue weighted by Gasteiger charge is 2.10. The van der Waals surface area contributed by atoms with E-state index in [-0.39, 0.29) is 11.6 Å². The maximum Gasteiger partial charge on any atom is 0.274 e. The molecule has 7 heteroatoms. The summed E-state index contributed by atoms with van der Waals surface area (Å²) in [7, 11) is 0. The Morgan fingerprint density at radius 3 is 2.83 bits per heavy atom. The monoisotopic (exact) mass is 372 g/mol. The molecule has 0 fully saturated rings. The van der Waals surface area contributed by atoms with E-state index in [1.165, 1.54) is 6.33 Å². The number of nitrogens with zero attached hydrogens (tertiary/aromatic N) is 2. The zero-order valence-electron chi connectivity index (χ0n) is 12.0. The van der Waals surface area contributed by atoms with Gasteiger partial charge in [0.05, 0.1) is 18.5 Å². The van der Waals surface area contributed by atoms with Crippen LogP contribution in [0, 0.1) is 0 Å². The highest BCUT2D eigenvalue weighted by Crippen LogP contribution is 2.21. The van der Waals surface area contributed by atoms with Crippen molar-refractivity contribution >= 4 is 33.3 Å². The van der Waals surface area contributed by atoms with Crippen molar-refractivity contribution in [3.05, 3.63) is 71.0 Å². The summed E-state index contributed by atoms with van der Waals surface area (Å²) in [4.78, 5) is 20.4. The largest absolute Gasteiger partial charge is 0.467 e. The summed E-state index contributed by atoms with van der Waals surface area (Å²) < 4.78 is 6.04. The van der Waals surface area contributed by atoms with Crippen molar-refractivity contribution in [2.75, 3.05) is 10.6 Å². The van der Waals surface area contributed by atoms with E-state index >= 15 is 0 Å². The first-order valence-corrected chi connectivity index (χ1v) is 7.66. The molecule has 6 nitrogen and oxygen atoms in total. The lowest BCUT2D eigenvalue weighted by molar-refractivity contribution is 0.102. The van der Waals surface area contributed by atoms with Crippen LogP contribution in [0.1, 0.15) is 16.2 Å². The van der Waals surface area contributed by atoms with E-state index in [1.807, 2.05) is 30.3 Å². The topological polar surface area (TPSA) is 80.0 Å². The molecule has 0 aliphatic heterocycles. The second kappa shape index (κ2) is 7.06. The fraction of sp³-hybridized carbons (Fsp3) is 0.0625. The minimum atomic E-state index is -0.305. The SMILES string of the molecule is O=C(Nc1ccccc1Br)c1cc(NCc2ccco2)ncn1. The Kier molecular flexibility index (Phi) is 4.68. The number of carbonyl (C=O) groups excluding carboxylic acids is 1. The average molecular weight is 373 g/mol. The van der Waals surface area contributed by atoms with Crippen LogP contribution in [0.5, 0.6) is 0 Å². The summed E-state index contributed by atoms with van der Waals surface area (Å²) in [6.07, 6.45) is 2.95. The third-order valence-electron chi connectivity index (χ3n) is 3.05. The van der Waals surface area contributed by atoms with Gasteiger partial charge in [-0.25, -0.2) is 9.97 Å². The van der Waals surface area contributed by atoms with Gasteiger partial charge in [0.25, 0.3) is 5.91 Å². The molecule has 2 aromatic heterocycles. The molecule has 0 radical (unpaired) electrons. The van der Waals surface area contributed by atoms with E-state index in [2.05, 4.69) is 36.5 Å². The Hall–Kier alpha value is -2.67. The zero-order chi connectivity index (χ0) is 16.1. The van der Waals surface area contributed by atoms with E-state index < -0.39 is 0 Å². The highest BCUT2D eigenvalue weighted by atomic mass is 79.9. The molecule has 2 heterocycles. The third-order valence-corrected chi connectivity index (χ3v) is 3.74. The number of furan rings is 1. The second-order valence-electron chi connectivity index (χ2n) is 4.66. The number of hydrogen-bond acceptors (Lipinski definition) is 5. The van der Waals surface area contributed by atoms with E-state index in [9.17, 15) is 4.79 Å². The standard InChI is InChI=1S/C16H13BrN4O2/c17-12-5-1-2-6-13(12)21-16(22)14-8-15(20-10-19-14)18-9-11-4-3-7-23-11/h1-8,10H,9H2,(H,21,22)(H,18,19,20). The minimum absolute atomic E-state index is 0.276. The van der Waals surface area contributed by atoms with Crippen molar-refractivity contribution in [3.8, 4) is 0 Å². The molecule has 3 rings (SSSR count). The number of nitrogens with one attached hydrogen (secondary N) is 2. The number of carbonyl (C=O) groups is 1. The van der Waals surface area contributed by atoms with Crippen molar-refractivity contribution in [2.45, 2.75) is 6.54 Å². The van der Waals surface area contributed by atoms with E-state index in [1.54, 1.807) is 18.4 Å². The van der Waals surface area contributed by atoms with Gasteiger partial charge < -0.3 is 15.1 Å². The summed E-state index contributed by atoms with van der Waals surface area (Å²) in [5, 5.41) is 5.88. The number of aromatic nitrogens is 2. The Bertz CT molecular complexity index is 805. The van der Waals surface area contributed by atoms with Gasteiger partial charge in [-0.15, -0.1) is 0 Å². The maximum absolute atomic E-state index is 12.3. The molecular formula is C16H13BrN4O2. The van der Waals surface area contributed by atoms with Gasteiger partial charge in [-0.05, 0) is 40.2 Å². The van der Waals surface area contributed by atoms with Gasteiger partial charge in [0.2, 0.25) is 0 Å². The van der Waals surface area contributed by atoms with E-state index in [0.717, 1.165) is 10.2 Å². The van der Waals surface area contributed by atoms with Gasteiger partial charge in [0.15, 0.2) is 0 Å². The molecule has 1 aromatic carbocycles. The Labute approximate surface area is 141 Å². The van der Waals surface area contributed by atoms with Crippen molar-refractivity contribution in [3.63, 3.8) is 0 Å². The molecule has 116 valence electrons. The Balaban J connectivity index is 1.69. The lowest BCUT2D eigenvalue weighted by Crippen LogP contribution is -2.15. The molecule has 0 aliphatic carbocycles. The highest BCUT2D eigenvalue weighted by molar-refractivity contribution is 9.10. The third kappa shape index (κ3) is 3.95. The van der Waals surface area contributed by atoms with E-state index in [4.69, 9.17) is 4.42 Å². The van der Waals surface area contributed by atoms with Crippen LogP contribution < -0.4 is 10.6 Å². The van der Waals surface area contributed by atoms with Crippen molar-refractivity contribution in [1.82, 2.24) is 9.97 Å². The molecule has 2 N–H and O–H groups in total. The van der Waals surface area contributed by atoms with Crippen LogP contribution in [-0.4, -0.2) is 15.9 Å². The molecule has 0 spiro atoms. The maximum atomic E-state index is 12.3. The van der Waals surface area contributed by atoms with Crippen LogP contribution in [0.15, 0.2) is 63.9 Å². The molecule has 0 aliphatic rings. The fourth-order valence-corrected chi connectivity index (χ4v) is 2.30. The van der Waals surface area contributed by atoms with Gasteiger partial charge >= 0.3 is 0 Å². The molecule has 0 saturated heterocycles. The van der Waals surface area contributed by atoms with Crippen molar-refractivity contribution < 1.29 is 9.21 Å². The molecule has 23 heavy (non-hydrogen) atoms. The molecule has 1 amide bonds. The second-order valence-corrected chi connectivity index (χ2v) is 5.51. The van der Waals surface area contributed by atoms with Crippen LogP contribution >= 0.6 is 15.9 Å². The lowest BCUT2D eigenvalue weighted by Gasteiger charge is -2.08. The zero-order valence-corrected chi connectivity index (χ0v) is 13.6. The van der Waals surface area contributed by atoms with Gasteiger partial charge in [-0.1, -0.05) is 12.1 Å². The number of halogens is 1. The number of benzene rings is 1. The van der Waals surface area contributed by atoms with Crippen LogP contribution in [0.4, 0.5) is 11.5 Å². The summed E-state index contributed by atoms with van der Waals surface area (Å²) in [5.74, 6) is 1.02. The fourth-order valence-electron chi connectivity index (χ4n) is 1.92. The Morgan fingerprint density at radius 1 is 1.17 bits per heavy atom. The molecule has 0 saturated carbocycles. The molecular weight excluding hydrogens is 360 g/mol. The van der Waals surface area contributed by atoms with Crippen LogP contribution in [0.3, 0.4) is 0 Å². The van der Waals surface area contributed by atoms with Gasteiger partial charge in [-0.2, -0.15) is 0 Å². The quantitative estimate of drug-likeness (QED) is 0.713. The smallest absolute Gasteiger partial charge is 0.274 e. The predicted octanol–water partition coefficient (Wildman–Crippen LogP) is 3.70. The van der Waals surface area contributed by atoms with Crippen LogP contribution in [-0.2, 0) is 6.54 Å². The van der Waals surface area contributed by atoms with Crippen molar-refractivity contribution in [2.24, 2.45) is 0 Å². The summed E-state index contributed by atoms with van der Waals surface area (Å²) >= 11 is 3.39. The Morgan fingerprint density at radius 2 is 2.04 bits per heavy atom. The lowest BCUT2D eigenvalue weighted by atomic mass is 10.3. The summed E-state index contributed by atoms with van der Waals surface area (Å²) in [6, 6.07) is 12.6. The van der Waals surface area contributed by atoms with Gasteiger partial charge in [0, 0.05) is 10.5 Å². The average Bonchev–Trinajstić information content (AvgIpc) is 3.09. The summed E-state index contributed by atoms with van der Waals surface area (Å²) in [6.45, 7) is 0.481. The first-order chi connectivity index (χ1) is 11.2. The molecule has 0 atom stereocenters. The van der Waals surface area contributed by atoms with Crippen LogP contribution in [0.25, 0.3) is 0 Å². The number of hydrogen-bond donors (Lipinski definition) is 2. The predicted molar refractivity (Wildman–Crippen MR) is 90.2 cm³/mol. The first kappa shape index (κ1) is 15.2. The number of amides is 1. The molecule has 0 bridgehead atoms. The van der Waals surface area contributed by atoms with Gasteiger partial charge in [-0.3, -0.25) is 4.79 Å². The molecule has 3 aromatic rings.